The number of hydrogen-bond acceptors (Lipinski definition) is 5. The van der Waals surface area contributed by atoms with E-state index in [-0.39, 0.29) is 17.4 Å². The Morgan fingerprint density at radius 1 is 1.11 bits per heavy atom. The molecule has 0 bridgehead atoms. The lowest BCUT2D eigenvalue weighted by molar-refractivity contribution is -0.384. The molecule has 2 rings (SSSR count). The van der Waals surface area contributed by atoms with Gasteiger partial charge in [0.25, 0.3) is 5.69 Å². The molecule has 0 spiro atoms. The number of rotatable bonds is 7. The zero-order valence-electron chi connectivity index (χ0n) is 15.7. The Hall–Kier alpha value is -3.29. The predicted octanol–water partition coefficient (Wildman–Crippen LogP) is 4.27. The van der Waals surface area contributed by atoms with Gasteiger partial charge in [-0.05, 0) is 30.5 Å². The van der Waals surface area contributed by atoms with Crippen LogP contribution in [0.2, 0.25) is 0 Å². The number of carbonyl (C=O) groups excluding carboxylic acids is 1. The van der Waals surface area contributed by atoms with Crippen LogP contribution in [0.5, 0.6) is 11.5 Å². The number of amides is 2. The van der Waals surface area contributed by atoms with Gasteiger partial charge in [0.15, 0.2) is 6.23 Å². The molecule has 0 saturated heterocycles. The van der Waals surface area contributed by atoms with E-state index in [9.17, 15) is 14.9 Å². The highest BCUT2D eigenvalue weighted by atomic mass is 16.6. The Balaban J connectivity index is 2.02. The average molecular weight is 373 g/mol. The fourth-order valence-corrected chi connectivity index (χ4v) is 2.52. The van der Waals surface area contributed by atoms with Crippen molar-refractivity contribution < 1.29 is 19.2 Å². The van der Waals surface area contributed by atoms with E-state index in [2.05, 4.69) is 24.5 Å². The van der Waals surface area contributed by atoms with Crippen LogP contribution in [0.4, 0.5) is 16.2 Å². The topological polar surface area (TPSA) is 103 Å². The number of nitrogens with one attached hydrogen (secondary N) is 2. The second-order valence-electron chi connectivity index (χ2n) is 6.19. The van der Waals surface area contributed by atoms with Crippen LogP contribution in [-0.2, 0) is 0 Å². The third-order valence-electron chi connectivity index (χ3n) is 3.82. The summed E-state index contributed by atoms with van der Waals surface area (Å²) in [5.41, 5.74) is 1.23. The highest BCUT2D eigenvalue weighted by molar-refractivity contribution is 5.91. The quantitative estimate of drug-likeness (QED) is 0.428. The van der Waals surface area contributed by atoms with E-state index >= 15 is 0 Å². The standard InChI is InChI=1S/C19H23N3O5/c1-12(2)15-7-5-6-8-17(15)27-13(3)20-19(23)21-16-10-9-14(22(24)25)11-18(16)26-4/h5-13H,1-4H3,(H2,20,21,23). The van der Waals surface area contributed by atoms with E-state index in [4.69, 9.17) is 9.47 Å². The molecule has 1 unspecified atom stereocenters. The summed E-state index contributed by atoms with van der Waals surface area (Å²) < 4.78 is 10.9. The molecule has 1 atom stereocenters. The summed E-state index contributed by atoms with van der Waals surface area (Å²) in [7, 11) is 1.37. The van der Waals surface area contributed by atoms with Crippen LogP contribution in [0.15, 0.2) is 42.5 Å². The molecule has 0 fully saturated rings. The normalized spacial score (nSPS) is 11.6. The number of nitro benzene ring substituents is 1. The third-order valence-corrected chi connectivity index (χ3v) is 3.82. The lowest BCUT2D eigenvalue weighted by atomic mass is 10.0. The smallest absolute Gasteiger partial charge is 0.322 e. The van der Waals surface area contributed by atoms with E-state index in [0.717, 1.165) is 5.56 Å². The average Bonchev–Trinajstić information content (AvgIpc) is 2.61. The van der Waals surface area contributed by atoms with E-state index in [0.29, 0.717) is 11.4 Å². The highest BCUT2D eigenvalue weighted by Crippen LogP contribution is 2.29. The van der Waals surface area contributed by atoms with E-state index < -0.39 is 17.2 Å². The van der Waals surface area contributed by atoms with Crippen molar-refractivity contribution >= 4 is 17.4 Å². The molecule has 0 saturated carbocycles. The predicted molar refractivity (Wildman–Crippen MR) is 102 cm³/mol. The van der Waals surface area contributed by atoms with Gasteiger partial charge in [-0.25, -0.2) is 4.79 Å². The number of nitrogens with zero attached hydrogens (tertiary/aromatic N) is 1. The first-order valence-electron chi connectivity index (χ1n) is 8.47. The Labute approximate surface area is 157 Å². The summed E-state index contributed by atoms with van der Waals surface area (Å²) in [5.74, 6) is 1.18. The fraction of sp³-hybridized carbons (Fsp3) is 0.316. The largest absolute Gasteiger partial charge is 0.494 e. The number of hydrogen-bond donors (Lipinski definition) is 2. The number of carbonyl (C=O) groups is 1. The van der Waals surface area contributed by atoms with Gasteiger partial charge in [-0.2, -0.15) is 0 Å². The molecule has 2 aromatic rings. The number of ether oxygens (including phenoxy) is 2. The van der Waals surface area contributed by atoms with Crippen molar-refractivity contribution in [3.8, 4) is 11.5 Å². The minimum absolute atomic E-state index is 0.125. The number of para-hydroxylation sites is 1. The number of methoxy groups -OCH3 is 1. The van der Waals surface area contributed by atoms with E-state index in [1.165, 1.54) is 25.3 Å². The number of non-ortho nitro benzene ring substituents is 1. The Bertz CT molecular complexity index is 823. The molecule has 0 heterocycles. The van der Waals surface area contributed by atoms with Gasteiger partial charge in [0.1, 0.15) is 11.5 Å². The summed E-state index contributed by atoms with van der Waals surface area (Å²) in [5, 5.41) is 16.1. The van der Waals surface area contributed by atoms with Crippen LogP contribution < -0.4 is 20.1 Å². The van der Waals surface area contributed by atoms with Crippen LogP contribution >= 0.6 is 0 Å². The minimum atomic E-state index is -0.589. The SMILES string of the molecule is COc1cc([N+](=O)[O-])ccc1NC(=O)NC(C)Oc1ccccc1C(C)C. The lowest BCUT2D eigenvalue weighted by Crippen LogP contribution is -2.39. The zero-order valence-corrected chi connectivity index (χ0v) is 15.7. The molecule has 8 heteroatoms. The monoisotopic (exact) mass is 373 g/mol. The number of nitro groups is 1. The molecule has 144 valence electrons. The first-order chi connectivity index (χ1) is 12.8. The zero-order chi connectivity index (χ0) is 20.0. The second kappa shape index (κ2) is 8.88. The molecule has 0 radical (unpaired) electrons. The molecule has 0 aliphatic rings. The molecule has 2 N–H and O–H groups in total. The van der Waals surface area contributed by atoms with Crippen molar-refractivity contribution in [3.05, 3.63) is 58.1 Å². The first kappa shape index (κ1) is 20.0. The third kappa shape index (κ3) is 5.34. The van der Waals surface area contributed by atoms with Gasteiger partial charge in [0.05, 0.1) is 23.8 Å². The fourth-order valence-electron chi connectivity index (χ4n) is 2.52. The van der Waals surface area contributed by atoms with Gasteiger partial charge in [-0.3, -0.25) is 10.1 Å². The van der Waals surface area contributed by atoms with Crippen molar-refractivity contribution in [2.45, 2.75) is 32.9 Å². The maximum Gasteiger partial charge on any atom is 0.322 e. The van der Waals surface area contributed by atoms with Crippen molar-refractivity contribution in [2.75, 3.05) is 12.4 Å². The van der Waals surface area contributed by atoms with E-state index in [1.807, 2.05) is 24.3 Å². The van der Waals surface area contributed by atoms with Crippen LogP contribution in [0.3, 0.4) is 0 Å². The lowest BCUT2D eigenvalue weighted by Gasteiger charge is -2.20. The molecule has 2 amide bonds. The molecular weight excluding hydrogens is 350 g/mol. The molecule has 27 heavy (non-hydrogen) atoms. The van der Waals surface area contributed by atoms with Crippen LogP contribution in [0.1, 0.15) is 32.3 Å². The molecule has 0 aliphatic carbocycles. The van der Waals surface area contributed by atoms with Gasteiger partial charge in [-0.15, -0.1) is 0 Å². The number of benzene rings is 2. The van der Waals surface area contributed by atoms with Crippen LogP contribution in [-0.4, -0.2) is 24.3 Å². The highest BCUT2D eigenvalue weighted by Gasteiger charge is 2.16. The molecular formula is C19H23N3O5. The van der Waals surface area contributed by atoms with Gasteiger partial charge in [0, 0.05) is 6.07 Å². The van der Waals surface area contributed by atoms with Crippen molar-refractivity contribution in [1.82, 2.24) is 5.32 Å². The number of urea groups is 1. The maximum absolute atomic E-state index is 12.2. The van der Waals surface area contributed by atoms with Gasteiger partial charge < -0.3 is 20.1 Å². The summed E-state index contributed by atoms with van der Waals surface area (Å²) in [6, 6.07) is 11.1. The van der Waals surface area contributed by atoms with Crippen molar-refractivity contribution in [2.24, 2.45) is 0 Å². The Morgan fingerprint density at radius 3 is 2.44 bits per heavy atom. The van der Waals surface area contributed by atoms with Crippen molar-refractivity contribution in [1.29, 1.82) is 0 Å². The molecule has 0 aliphatic heterocycles. The Kier molecular flexibility index (Phi) is 6.59. The summed E-state index contributed by atoms with van der Waals surface area (Å²) in [6.45, 7) is 5.84. The molecule has 8 nitrogen and oxygen atoms in total. The van der Waals surface area contributed by atoms with Crippen LogP contribution in [0.25, 0.3) is 0 Å². The first-order valence-corrected chi connectivity index (χ1v) is 8.47. The molecule has 2 aromatic carbocycles. The maximum atomic E-state index is 12.2. The van der Waals surface area contributed by atoms with Gasteiger partial charge in [0.2, 0.25) is 0 Å². The summed E-state index contributed by atoms with van der Waals surface area (Å²) >= 11 is 0. The summed E-state index contributed by atoms with van der Waals surface area (Å²) in [6.07, 6.45) is -0.589. The summed E-state index contributed by atoms with van der Waals surface area (Å²) in [4.78, 5) is 22.5. The van der Waals surface area contributed by atoms with E-state index in [1.54, 1.807) is 6.92 Å². The Morgan fingerprint density at radius 2 is 1.81 bits per heavy atom. The van der Waals surface area contributed by atoms with Crippen LogP contribution in [0, 0.1) is 10.1 Å². The molecule has 0 aromatic heterocycles. The van der Waals surface area contributed by atoms with Gasteiger partial charge in [-0.1, -0.05) is 32.0 Å². The number of anilines is 1. The van der Waals surface area contributed by atoms with Crippen molar-refractivity contribution in [3.63, 3.8) is 0 Å². The second-order valence-corrected chi connectivity index (χ2v) is 6.19. The minimum Gasteiger partial charge on any atom is -0.494 e. The van der Waals surface area contributed by atoms with Gasteiger partial charge >= 0.3 is 6.03 Å².